The highest BCUT2D eigenvalue weighted by Crippen LogP contribution is 2.23. The van der Waals surface area contributed by atoms with Crippen molar-refractivity contribution >= 4 is 46.6 Å². The van der Waals surface area contributed by atoms with E-state index in [-0.39, 0.29) is 11.7 Å². The Hall–Kier alpha value is -2.09. The van der Waals surface area contributed by atoms with Gasteiger partial charge < -0.3 is 5.32 Å². The number of hydrogen-bond donors (Lipinski definition) is 1. The van der Waals surface area contributed by atoms with Crippen molar-refractivity contribution in [1.29, 1.82) is 0 Å². The molecule has 24 heavy (non-hydrogen) atoms. The lowest BCUT2D eigenvalue weighted by molar-refractivity contribution is -0.113. The van der Waals surface area contributed by atoms with Crippen LogP contribution in [-0.2, 0) is 4.79 Å². The summed E-state index contributed by atoms with van der Waals surface area (Å²) in [5.74, 6) is -0.0573. The fraction of sp³-hybridized carbons (Fsp3) is 0.0667. The van der Waals surface area contributed by atoms with E-state index < -0.39 is 0 Å². The van der Waals surface area contributed by atoms with Crippen LogP contribution in [0.1, 0.15) is 0 Å². The number of para-hydroxylation sites is 1. The van der Waals surface area contributed by atoms with Gasteiger partial charge in [-0.3, -0.25) is 4.79 Å². The van der Waals surface area contributed by atoms with Gasteiger partial charge >= 0.3 is 0 Å². The molecule has 1 N–H and O–H groups in total. The van der Waals surface area contributed by atoms with Crippen LogP contribution in [0.15, 0.2) is 53.7 Å². The molecule has 2 aromatic carbocycles. The number of carbonyl (C=O) groups is 1. The van der Waals surface area contributed by atoms with E-state index in [0.717, 1.165) is 5.69 Å². The van der Waals surface area contributed by atoms with Gasteiger partial charge in [0.25, 0.3) is 0 Å². The lowest BCUT2D eigenvalue weighted by atomic mass is 10.3. The van der Waals surface area contributed by atoms with Crippen molar-refractivity contribution in [3.05, 3.63) is 58.6 Å². The summed E-state index contributed by atoms with van der Waals surface area (Å²) in [6, 6.07) is 14.3. The van der Waals surface area contributed by atoms with E-state index in [2.05, 4.69) is 20.8 Å². The number of nitrogens with one attached hydrogen (secondary N) is 1. The minimum Gasteiger partial charge on any atom is -0.325 e. The van der Waals surface area contributed by atoms with Gasteiger partial charge in [-0.15, -0.1) is 5.10 Å². The van der Waals surface area contributed by atoms with E-state index in [1.165, 1.54) is 11.8 Å². The Bertz CT molecular complexity index is 836. The molecule has 0 aliphatic heterocycles. The summed E-state index contributed by atoms with van der Waals surface area (Å²) in [4.78, 5) is 12.1. The molecule has 0 saturated carbocycles. The van der Waals surface area contributed by atoms with Crippen LogP contribution in [-0.4, -0.2) is 31.9 Å². The molecule has 0 bridgehead atoms. The first kappa shape index (κ1) is 16.8. The van der Waals surface area contributed by atoms with Gasteiger partial charge in [-0.2, -0.15) is 4.68 Å². The number of tetrazole rings is 1. The number of aromatic nitrogens is 4. The Kier molecular flexibility index (Phi) is 5.34. The normalized spacial score (nSPS) is 10.6. The van der Waals surface area contributed by atoms with Crippen molar-refractivity contribution in [2.45, 2.75) is 5.16 Å². The number of carbonyl (C=O) groups excluding carboxylic acids is 1. The Morgan fingerprint density at radius 2 is 1.83 bits per heavy atom. The molecule has 0 atom stereocenters. The molecular weight excluding hydrogens is 369 g/mol. The molecule has 0 saturated heterocycles. The Balaban J connectivity index is 1.64. The Labute approximate surface area is 152 Å². The zero-order chi connectivity index (χ0) is 16.9. The predicted molar refractivity (Wildman–Crippen MR) is 95.0 cm³/mol. The van der Waals surface area contributed by atoms with Crippen LogP contribution >= 0.6 is 35.0 Å². The molecule has 1 heterocycles. The SMILES string of the molecule is O=C(CSc1nnnn1-c1ccccc1)Nc1cc(Cl)cc(Cl)c1. The quantitative estimate of drug-likeness (QED) is 0.684. The molecule has 0 aliphatic carbocycles. The third kappa shape index (κ3) is 4.25. The molecular formula is C15H11Cl2N5OS. The predicted octanol–water partition coefficient (Wildman–Crippen LogP) is 3.70. The summed E-state index contributed by atoms with van der Waals surface area (Å²) in [6.45, 7) is 0. The molecule has 1 amide bonds. The largest absolute Gasteiger partial charge is 0.325 e. The van der Waals surface area contributed by atoms with E-state index in [0.29, 0.717) is 20.9 Å². The number of anilines is 1. The zero-order valence-corrected chi connectivity index (χ0v) is 14.5. The van der Waals surface area contributed by atoms with E-state index >= 15 is 0 Å². The van der Waals surface area contributed by atoms with Gasteiger partial charge in [0.2, 0.25) is 11.1 Å². The topological polar surface area (TPSA) is 72.7 Å². The van der Waals surface area contributed by atoms with Crippen molar-refractivity contribution in [2.24, 2.45) is 0 Å². The van der Waals surface area contributed by atoms with Crippen LogP contribution in [0.2, 0.25) is 10.0 Å². The summed E-state index contributed by atoms with van der Waals surface area (Å²) in [7, 11) is 0. The number of hydrogen-bond acceptors (Lipinski definition) is 5. The van der Waals surface area contributed by atoms with Gasteiger partial charge in [-0.05, 0) is 40.8 Å². The summed E-state index contributed by atoms with van der Waals surface area (Å²) in [5.41, 5.74) is 1.37. The van der Waals surface area contributed by atoms with Crippen molar-refractivity contribution in [2.75, 3.05) is 11.1 Å². The van der Waals surface area contributed by atoms with Crippen LogP contribution in [0.4, 0.5) is 5.69 Å². The maximum Gasteiger partial charge on any atom is 0.234 e. The third-order valence-electron chi connectivity index (χ3n) is 2.92. The monoisotopic (exact) mass is 379 g/mol. The minimum atomic E-state index is -0.207. The van der Waals surface area contributed by atoms with Crippen molar-refractivity contribution < 1.29 is 4.79 Å². The molecule has 9 heteroatoms. The van der Waals surface area contributed by atoms with E-state index in [4.69, 9.17) is 23.2 Å². The number of nitrogens with zero attached hydrogens (tertiary/aromatic N) is 4. The average molecular weight is 380 g/mol. The summed E-state index contributed by atoms with van der Waals surface area (Å²) < 4.78 is 1.58. The molecule has 0 fully saturated rings. The standard InChI is InChI=1S/C15H11Cl2N5OS/c16-10-6-11(17)8-12(7-10)18-14(23)9-24-15-19-20-21-22(15)13-4-2-1-3-5-13/h1-8H,9H2,(H,18,23). The second-order valence-electron chi connectivity index (χ2n) is 4.70. The Morgan fingerprint density at radius 1 is 1.12 bits per heavy atom. The average Bonchev–Trinajstić information content (AvgIpc) is 3.01. The lowest BCUT2D eigenvalue weighted by Gasteiger charge is -2.06. The van der Waals surface area contributed by atoms with Gasteiger partial charge in [0.15, 0.2) is 0 Å². The van der Waals surface area contributed by atoms with Crippen LogP contribution in [0.3, 0.4) is 0 Å². The van der Waals surface area contributed by atoms with Crippen molar-refractivity contribution in [1.82, 2.24) is 20.2 Å². The first-order chi connectivity index (χ1) is 11.6. The van der Waals surface area contributed by atoms with E-state index in [1.54, 1.807) is 22.9 Å². The number of rotatable bonds is 5. The third-order valence-corrected chi connectivity index (χ3v) is 4.28. The van der Waals surface area contributed by atoms with Crippen molar-refractivity contribution in [3.8, 4) is 5.69 Å². The maximum absolute atomic E-state index is 12.1. The number of amides is 1. The van der Waals surface area contributed by atoms with Gasteiger partial charge in [0, 0.05) is 15.7 Å². The van der Waals surface area contributed by atoms with Crippen LogP contribution in [0, 0.1) is 0 Å². The van der Waals surface area contributed by atoms with Crippen LogP contribution < -0.4 is 5.32 Å². The number of halogens is 2. The first-order valence-corrected chi connectivity index (χ1v) is 8.58. The van der Waals surface area contributed by atoms with Gasteiger partial charge in [-0.25, -0.2) is 0 Å². The van der Waals surface area contributed by atoms with E-state index in [9.17, 15) is 4.79 Å². The molecule has 0 aliphatic rings. The smallest absolute Gasteiger partial charge is 0.234 e. The molecule has 6 nitrogen and oxygen atoms in total. The van der Waals surface area contributed by atoms with Crippen LogP contribution in [0.25, 0.3) is 5.69 Å². The van der Waals surface area contributed by atoms with Crippen molar-refractivity contribution in [3.63, 3.8) is 0 Å². The lowest BCUT2D eigenvalue weighted by Crippen LogP contribution is -2.14. The van der Waals surface area contributed by atoms with Gasteiger partial charge in [0.05, 0.1) is 11.4 Å². The summed E-state index contributed by atoms with van der Waals surface area (Å²) >= 11 is 13.1. The summed E-state index contributed by atoms with van der Waals surface area (Å²) in [5, 5.41) is 15.7. The second-order valence-corrected chi connectivity index (χ2v) is 6.52. The highest BCUT2D eigenvalue weighted by Gasteiger charge is 2.12. The van der Waals surface area contributed by atoms with Crippen LogP contribution in [0.5, 0.6) is 0 Å². The molecule has 3 rings (SSSR count). The fourth-order valence-electron chi connectivity index (χ4n) is 1.95. The number of thioether (sulfide) groups is 1. The first-order valence-electron chi connectivity index (χ1n) is 6.84. The molecule has 0 spiro atoms. The highest BCUT2D eigenvalue weighted by atomic mass is 35.5. The zero-order valence-electron chi connectivity index (χ0n) is 12.2. The molecule has 3 aromatic rings. The number of benzene rings is 2. The van der Waals surface area contributed by atoms with Gasteiger partial charge in [-0.1, -0.05) is 53.2 Å². The Morgan fingerprint density at radius 3 is 2.54 bits per heavy atom. The summed E-state index contributed by atoms with van der Waals surface area (Å²) in [6.07, 6.45) is 0. The maximum atomic E-state index is 12.1. The highest BCUT2D eigenvalue weighted by molar-refractivity contribution is 7.99. The van der Waals surface area contributed by atoms with Gasteiger partial charge in [0.1, 0.15) is 0 Å². The molecule has 0 radical (unpaired) electrons. The molecule has 1 aromatic heterocycles. The fourth-order valence-corrected chi connectivity index (χ4v) is 3.17. The van der Waals surface area contributed by atoms with E-state index in [1.807, 2.05) is 30.3 Å². The minimum absolute atomic E-state index is 0.150. The second kappa shape index (κ2) is 7.65. The molecule has 0 unspecified atom stereocenters. The molecule has 122 valence electrons.